The molecule has 1 aliphatic rings. The second kappa shape index (κ2) is 5.65. The van der Waals surface area contributed by atoms with E-state index in [1.165, 1.54) is 0 Å². The average Bonchev–Trinajstić information content (AvgIpc) is 2.60. The first-order valence-electron chi connectivity index (χ1n) is 7.42. The lowest BCUT2D eigenvalue weighted by Crippen LogP contribution is -2.08. The average molecular weight is 338 g/mol. The summed E-state index contributed by atoms with van der Waals surface area (Å²) in [5.74, 6) is 2.75. The molecule has 24 heavy (non-hydrogen) atoms. The number of aromatic hydroxyl groups is 1. The fourth-order valence-electron chi connectivity index (χ4n) is 2.75. The van der Waals surface area contributed by atoms with E-state index in [1.807, 2.05) is 18.2 Å². The van der Waals surface area contributed by atoms with Crippen LogP contribution in [0.15, 0.2) is 42.5 Å². The molecule has 1 aromatic heterocycles. The van der Waals surface area contributed by atoms with Crippen molar-refractivity contribution < 1.29 is 14.6 Å². The van der Waals surface area contributed by atoms with Crippen LogP contribution in [0.5, 0.6) is 23.1 Å². The van der Waals surface area contributed by atoms with Crippen molar-refractivity contribution in [3.05, 3.63) is 58.2 Å². The first-order chi connectivity index (χ1) is 11.7. The normalized spacial score (nSPS) is 12.0. The Morgan fingerprint density at radius 2 is 2.00 bits per heavy atom. The van der Waals surface area contributed by atoms with E-state index in [0.717, 1.165) is 16.7 Å². The molecule has 0 fully saturated rings. The minimum absolute atomic E-state index is 0.199. The summed E-state index contributed by atoms with van der Waals surface area (Å²) < 4.78 is 11.9. The lowest BCUT2D eigenvalue weighted by atomic mass is 10.0. The summed E-state index contributed by atoms with van der Waals surface area (Å²) in [6.07, 6.45) is 0.639. The minimum Gasteiger partial charge on any atom is -0.508 e. The zero-order chi connectivity index (χ0) is 16.7. The van der Waals surface area contributed by atoms with Gasteiger partial charge in [-0.2, -0.15) is 0 Å². The zero-order valence-electron chi connectivity index (χ0n) is 12.9. The molecule has 0 saturated carbocycles. The minimum atomic E-state index is 0.199. The van der Waals surface area contributed by atoms with Crippen molar-refractivity contribution in [2.75, 3.05) is 7.11 Å². The highest BCUT2D eigenvalue weighted by Gasteiger charge is 2.23. The molecular formula is C18H14N2O3S. The van der Waals surface area contributed by atoms with E-state index in [0.29, 0.717) is 34.3 Å². The summed E-state index contributed by atoms with van der Waals surface area (Å²) in [6.45, 7) is 0. The Morgan fingerprint density at radius 1 is 1.21 bits per heavy atom. The Bertz CT molecular complexity index is 981. The standard InChI is InChI=1S/C18H14N2O3S/c1-22-14-4-2-3-11-9-13-17(23-15(11)14)19-16(20-18(13)24)10-5-7-12(21)8-6-10/h2-8,21H,9H2,1H3,(H,19,20,24). The molecule has 0 amide bonds. The third-order valence-electron chi connectivity index (χ3n) is 3.97. The molecule has 0 aliphatic carbocycles. The van der Waals surface area contributed by atoms with Crippen molar-refractivity contribution >= 4 is 12.2 Å². The van der Waals surface area contributed by atoms with Crippen LogP contribution in [-0.2, 0) is 6.42 Å². The quantitative estimate of drug-likeness (QED) is 0.536. The van der Waals surface area contributed by atoms with Crippen molar-refractivity contribution in [3.63, 3.8) is 0 Å². The van der Waals surface area contributed by atoms with Gasteiger partial charge in [0.1, 0.15) is 16.2 Å². The van der Waals surface area contributed by atoms with E-state index < -0.39 is 0 Å². The van der Waals surface area contributed by atoms with Gasteiger partial charge in [0.2, 0.25) is 5.88 Å². The van der Waals surface area contributed by atoms with Gasteiger partial charge in [0.15, 0.2) is 11.5 Å². The molecule has 0 radical (unpaired) electrons. The number of nitrogens with one attached hydrogen (secondary N) is 1. The molecule has 0 spiro atoms. The summed E-state index contributed by atoms with van der Waals surface area (Å²) in [6, 6.07) is 12.5. The zero-order valence-corrected chi connectivity index (χ0v) is 13.7. The number of ether oxygens (including phenoxy) is 2. The number of aromatic amines is 1. The number of phenolic OH excluding ortho intramolecular Hbond substituents is 1. The molecule has 0 unspecified atom stereocenters. The highest BCUT2D eigenvalue weighted by atomic mass is 32.1. The molecule has 0 saturated heterocycles. The predicted octanol–water partition coefficient (Wildman–Crippen LogP) is 4.22. The molecule has 6 heteroatoms. The molecule has 5 nitrogen and oxygen atoms in total. The molecular weight excluding hydrogens is 324 g/mol. The van der Waals surface area contributed by atoms with Crippen LogP contribution < -0.4 is 9.47 Å². The summed E-state index contributed by atoms with van der Waals surface area (Å²) in [5.41, 5.74) is 2.69. The smallest absolute Gasteiger partial charge is 0.205 e. The molecule has 2 aromatic carbocycles. The highest BCUT2D eigenvalue weighted by molar-refractivity contribution is 7.71. The fourth-order valence-corrected chi connectivity index (χ4v) is 3.00. The van der Waals surface area contributed by atoms with Crippen molar-refractivity contribution in [1.82, 2.24) is 9.97 Å². The number of hydrogen-bond acceptors (Lipinski definition) is 5. The third kappa shape index (κ3) is 2.41. The molecule has 2 N–H and O–H groups in total. The van der Waals surface area contributed by atoms with Crippen molar-refractivity contribution in [2.45, 2.75) is 6.42 Å². The number of rotatable bonds is 2. The van der Waals surface area contributed by atoms with Gasteiger partial charge in [0, 0.05) is 17.5 Å². The summed E-state index contributed by atoms with van der Waals surface area (Å²) in [5, 5.41) is 9.43. The van der Waals surface area contributed by atoms with Crippen molar-refractivity contribution in [1.29, 1.82) is 0 Å². The topological polar surface area (TPSA) is 67.4 Å². The van der Waals surface area contributed by atoms with Crippen LogP contribution in [0.25, 0.3) is 11.4 Å². The maximum absolute atomic E-state index is 9.43. The molecule has 0 atom stereocenters. The van der Waals surface area contributed by atoms with Crippen LogP contribution >= 0.6 is 12.2 Å². The summed E-state index contributed by atoms with van der Waals surface area (Å²) >= 11 is 5.45. The predicted molar refractivity (Wildman–Crippen MR) is 92.4 cm³/mol. The SMILES string of the molecule is COc1cccc2c1Oc1[nH]c(-c3ccc(O)cc3)nc(=S)c1C2. The number of benzene rings is 2. The Morgan fingerprint density at radius 3 is 2.75 bits per heavy atom. The third-order valence-corrected chi connectivity index (χ3v) is 4.31. The van der Waals surface area contributed by atoms with Gasteiger partial charge in [-0.3, -0.25) is 0 Å². The second-order valence-electron chi connectivity index (χ2n) is 5.47. The van der Waals surface area contributed by atoms with Crippen LogP contribution in [0.4, 0.5) is 0 Å². The van der Waals surface area contributed by atoms with E-state index in [-0.39, 0.29) is 5.75 Å². The van der Waals surface area contributed by atoms with Crippen LogP contribution in [0.2, 0.25) is 0 Å². The number of aromatic nitrogens is 2. The first-order valence-corrected chi connectivity index (χ1v) is 7.83. The number of para-hydroxylation sites is 1. The van der Waals surface area contributed by atoms with Crippen LogP contribution in [0.3, 0.4) is 0 Å². The number of hydrogen-bond donors (Lipinski definition) is 2. The highest BCUT2D eigenvalue weighted by Crippen LogP contribution is 2.42. The Labute approximate surface area is 143 Å². The Kier molecular flexibility index (Phi) is 3.46. The van der Waals surface area contributed by atoms with Gasteiger partial charge >= 0.3 is 0 Å². The van der Waals surface area contributed by atoms with E-state index in [1.54, 1.807) is 31.4 Å². The molecule has 4 rings (SSSR count). The largest absolute Gasteiger partial charge is 0.508 e. The van der Waals surface area contributed by atoms with Crippen molar-refractivity contribution in [2.24, 2.45) is 0 Å². The van der Waals surface area contributed by atoms with Gasteiger partial charge < -0.3 is 19.6 Å². The summed E-state index contributed by atoms with van der Waals surface area (Å²) in [7, 11) is 1.62. The Balaban J connectivity index is 1.82. The van der Waals surface area contributed by atoms with Gasteiger partial charge in [0.05, 0.1) is 12.7 Å². The Hall–Kier alpha value is -2.86. The number of H-pyrrole nitrogens is 1. The maximum atomic E-state index is 9.43. The van der Waals surface area contributed by atoms with E-state index >= 15 is 0 Å². The number of nitrogens with zero attached hydrogens (tertiary/aromatic N) is 1. The summed E-state index contributed by atoms with van der Waals surface area (Å²) in [4.78, 5) is 7.66. The molecule has 120 valence electrons. The van der Waals surface area contributed by atoms with E-state index in [2.05, 4.69) is 9.97 Å². The monoisotopic (exact) mass is 338 g/mol. The molecule has 3 aromatic rings. The maximum Gasteiger partial charge on any atom is 0.205 e. The van der Waals surface area contributed by atoms with Gasteiger partial charge in [-0.25, -0.2) is 4.98 Å². The lowest BCUT2D eigenvalue weighted by Gasteiger charge is -2.22. The van der Waals surface area contributed by atoms with Crippen LogP contribution in [0, 0.1) is 4.64 Å². The molecule has 2 heterocycles. The fraction of sp³-hybridized carbons (Fsp3) is 0.111. The number of fused-ring (bicyclic) bond motifs is 2. The molecule has 1 aliphatic heterocycles. The second-order valence-corrected chi connectivity index (χ2v) is 5.86. The first kappa shape index (κ1) is 14.7. The van der Waals surface area contributed by atoms with Gasteiger partial charge in [0.25, 0.3) is 0 Å². The lowest BCUT2D eigenvalue weighted by molar-refractivity contribution is 0.365. The number of methoxy groups -OCH3 is 1. The number of phenols is 1. The van der Waals surface area contributed by atoms with E-state index in [9.17, 15) is 5.11 Å². The molecule has 0 bridgehead atoms. The van der Waals surface area contributed by atoms with Gasteiger partial charge in [-0.1, -0.05) is 24.4 Å². The van der Waals surface area contributed by atoms with Crippen LogP contribution in [-0.4, -0.2) is 22.2 Å². The van der Waals surface area contributed by atoms with E-state index in [4.69, 9.17) is 21.7 Å². The van der Waals surface area contributed by atoms with Gasteiger partial charge in [-0.05, 0) is 30.3 Å². The van der Waals surface area contributed by atoms with Crippen LogP contribution in [0.1, 0.15) is 11.1 Å². The van der Waals surface area contributed by atoms with Gasteiger partial charge in [-0.15, -0.1) is 0 Å². The van der Waals surface area contributed by atoms with Crippen molar-refractivity contribution in [3.8, 4) is 34.5 Å².